The van der Waals surface area contributed by atoms with Crippen LogP contribution in [0.2, 0.25) is 0 Å². The molecule has 0 N–H and O–H groups in total. The summed E-state index contributed by atoms with van der Waals surface area (Å²) < 4.78 is 1.13. The molecular formula is C7H9NS2. The normalized spacial score (nSPS) is 17.2. The van der Waals surface area contributed by atoms with Gasteiger partial charge in [0.1, 0.15) is 4.38 Å². The van der Waals surface area contributed by atoms with E-state index >= 15 is 0 Å². The van der Waals surface area contributed by atoms with E-state index in [1.54, 1.807) is 23.5 Å². The minimum atomic E-state index is 0.796. The van der Waals surface area contributed by atoms with Crippen molar-refractivity contribution < 1.29 is 0 Å². The van der Waals surface area contributed by atoms with Crippen molar-refractivity contribution in [1.29, 1.82) is 0 Å². The molecule has 1 aliphatic heterocycles. The van der Waals surface area contributed by atoms with Crippen LogP contribution in [-0.2, 0) is 0 Å². The minimum Gasteiger partial charge on any atom is -0.266 e. The molecule has 1 aliphatic rings. The summed E-state index contributed by atoms with van der Waals surface area (Å²) in [4.78, 5) is 5.39. The van der Waals surface area contributed by atoms with Gasteiger partial charge in [0, 0.05) is 10.7 Å². The van der Waals surface area contributed by atoms with Crippen molar-refractivity contribution in [2.75, 3.05) is 12.3 Å². The van der Waals surface area contributed by atoms with Crippen LogP contribution >= 0.6 is 23.5 Å². The lowest BCUT2D eigenvalue weighted by Crippen LogP contribution is -1.78. The molecule has 0 aromatic rings. The highest BCUT2D eigenvalue weighted by Gasteiger charge is 2.09. The van der Waals surface area contributed by atoms with Crippen molar-refractivity contribution in [3.05, 3.63) is 24.1 Å². The van der Waals surface area contributed by atoms with Gasteiger partial charge in [-0.15, -0.1) is 6.58 Å². The van der Waals surface area contributed by atoms with Crippen LogP contribution in [0.4, 0.5) is 0 Å². The van der Waals surface area contributed by atoms with E-state index in [0.717, 1.165) is 21.6 Å². The van der Waals surface area contributed by atoms with Gasteiger partial charge in [-0.05, 0) is 0 Å². The first-order valence-electron chi connectivity index (χ1n) is 2.96. The topological polar surface area (TPSA) is 12.4 Å². The number of nitrogens with zero attached hydrogens (tertiary/aromatic N) is 1. The van der Waals surface area contributed by atoms with Gasteiger partial charge in [-0.3, -0.25) is 4.99 Å². The van der Waals surface area contributed by atoms with Gasteiger partial charge in [-0.2, -0.15) is 0 Å². The number of aliphatic imine (C=N–C) groups is 1. The Hall–Kier alpha value is -0.150. The Morgan fingerprint density at radius 1 is 1.80 bits per heavy atom. The number of hydrogen-bond donors (Lipinski definition) is 0. The first-order valence-corrected chi connectivity index (χ1v) is 4.77. The Morgan fingerprint density at radius 2 is 2.60 bits per heavy atom. The van der Waals surface area contributed by atoms with Crippen LogP contribution in [0.15, 0.2) is 29.1 Å². The lowest BCUT2D eigenvalue weighted by molar-refractivity contribution is 1.27. The fourth-order valence-corrected chi connectivity index (χ4v) is 2.26. The third-order valence-corrected chi connectivity index (χ3v) is 3.04. The molecule has 0 fully saturated rings. The van der Waals surface area contributed by atoms with Crippen LogP contribution in [-0.4, -0.2) is 16.7 Å². The van der Waals surface area contributed by atoms with Crippen molar-refractivity contribution in [1.82, 2.24) is 0 Å². The highest BCUT2D eigenvalue weighted by molar-refractivity contribution is 8.40. The molecule has 0 unspecified atom stereocenters. The summed E-state index contributed by atoms with van der Waals surface area (Å²) in [6.07, 6.45) is 1.88. The van der Waals surface area contributed by atoms with Crippen molar-refractivity contribution >= 4 is 27.9 Å². The maximum Gasteiger partial charge on any atom is 0.129 e. The van der Waals surface area contributed by atoms with Crippen molar-refractivity contribution in [2.24, 2.45) is 4.99 Å². The average Bonchev–Trinajstić information content (AvgIpc) is 2.31. The van der Waals surface area contributed by atoms with E-state index in [1.165, 1.54) is 0 Å². The molecule has 0 saturated heterocycles. The predicted octanol–water partition coefficient (Wildman–Crippen LogP) is 2.52. The molecule has 0 saturated carbocycles. The fourth-order valence-electron chi connectivity index (χ4n) is 0.546. The first-order chi connectivity index (χ1) is 4.83. The summed E-state index contributed by atoms with van der Waals surface area (Å²) in [6, 6.07) is 0. The van der Waals surface area contributed by atoms with Crippen LogP contribution in [0, 0.1) is 0 Å². The molecule has 0 atom stereocenters. The van der Waals surface area contributed by atoms with Gasteiger partial charge < -0.3 is 0 Å². The Kier molecular flexibility index (Phi) is 3.09. The smallest absolute Gasteiger partial charge is 0.129 e. The molecule has 1 heterocycles. The molecule has 10 heavy (non-hydrogen) atoms. The Bertz CT molecular complexity index is 184. The van der Waals surface area contributed by atoms with E-state index < -0.39 is 0 Å². The van der Waals surface area contributed by atoms with E-state index in [-0.39, 0.29) is 0 Å². The summed E-state index contributed by atoms with van der Waals surface area (Å²) >= 11 is 3.40. The molecule has 54 valence electrons. The molecule has 1 nitrogen and oxygen atoms in total. The van der Waals surface area contributed by atoms with Crippen LogP contribution in [0.3, 0.4) is 0 Å². The van der Waals surface area contributed by atoms with E-state index in [0.29, 0.717) is 0 Å². The molecule has 0 aliphatic carbocycles. The third kappa shape index (κ3) is 2.23. The Balaban J connectivity index is 2.29. The van der Waals surface area contributed by atoms with Gasteiger partial charge in [-0.25, -0.2) is 0 Å². The summed E-state index contributed by atoms with van der Waals surface area (Å²) in [6.45, 7) is 8.25. The summed E-state index contributed by atoms with van der Waals surface area (Å²) in [5.41, 5.74) is 0. The largest absolute Gasteiger partial charge is 0.266 e. The fraction of sp³-hybridized carbons (Fsp3) is 0.286. The molecule has 0 bridgehead atoms. The maximum atomic E-state index is 4.25. The van der Waals surface area contributed by atoms with Crippen LogP contribution in [0.1, 0.15) is 0 Å². The first kappa shape index (κ1) is 7.95. The maximum absolute atomic E-state index is 4.25. The van der Waals surface area contributed by atoms with Crippen molar-refractivity contribution in [2.45, 2.75) is 0 Å². The van der Waals surface area contributed by atoms with Crippen LogP contribution < -0.4 is 0 Å². The molecule has 0 aromatic heterocycles. The molecule has 0 amide bonds. The van der Waals surface area contributed by atoms with Crippen LogP contribution in [0.5, 0.6) is 0 Å². The van der Waals surface area contributed by atoms with E-state index in [9.17, 15) is 0 Å². The van der Waals surface area contributed by atoms with Gasteiger partial charge in [0.15, 0.2) is 0 Å². The molecule has 0 spiro atoms. The van der Waals surface area contributed by atoms with Gasteiger partial charge in [0.25, 0.3) is 0 Å². The standard InChI is InChI=1S/C7H9NS2/c1-3-4-9-7-8-5-6(2)10-7/h3H,1-2,4-5H2. The van der Waals surface area contributed by atoms with Gasteiger partial charge in [0.05, 0.1) is 6.54 Å². The Labute approximate surface area is 69.7 Å². The van der Waals surface area contributed by atoms with E-state index in [2.05, 4.69) is 18.2 Å². The monoisotopic (exact) mass is 171 g/mol. The second-order valence-corrected chi connectivity index (χ2v) is 4.26. The summed E-state index contributed by atoms with van der Waals surface area (Å²) in [5, 5.41) is 0. The highest BCUT2D eigenvalue weighted by Crippen LogP contribution is 2.29. The van der Waals surface area contributed by atoms with Gasteiger partial charge in [-0.1, -0.05) is 36.2 Å². The lowest BCUT2D eigenvalue weighted by Gasteiger charge is -1.92. The highest BCUT2D eigenvalue weighted by atomic mass is 32.2. The molecule has 0 radical (unpaired) electrons. The van der Waals surface area contributed by atoms with Crippen molar-refractivity contribution in [3.63, 3.8) is 0 Å². The predicted molar refractivity (Wildman–Crippen MR) is 51.7 cm³/mol. The SMILES string of the molecule is C=CCSC1=NCC(=C)S1. The van der Waals surface area contributed by atoms with E-state index in [4.69, 9.17) is 0 Å². The third-order valence-electron chi connectivity index (χ3n) is 0.941. The zero-order valence-electron chi connectivity index (χ0n) is 5.67. The van der Waals surface area contributed by atoms with E-state index in [1.807, 2.05) is 6.08 Å². The lowest BCUT2D eigenvalue weighted by atomic mass is 10.6. The number of rotatable bonds is 2. The second kappa shape index (κ2) is 3.88. The summed E-state index contributed by atoms with van der Waals surface area (Å²) in [7, 11) is 0. The minimum absolute atomic E-state index is 0.796. The van der Waals surface area contributed by atoms with Gasteiger partial charge in [0.2, 0.25) is 0 Å². The molecule has 1 rings (SSSR count). The average molecular weight is 171 g/mol. The molecular weight excluding hydrogens is 162 g/mol. The summed E-state index contributed by atoms with van der Waals surface area (Å²) in [5.74, 6) is 0.944. The van der Waals surface area contributed by atoms with Crippen molar-refractivity contribution in [3.8, 4) is 0 Å². The van der Waals surface area contributed by atoms with Gasteiger partial charge >= 0.3 is 0 Å². The zero-order valence-corrected chi connectivity index (χ0v) is 7.30. The number of thioether (sulfide) groups is 2. The van der Waals surface area contributed by atoms with Crippen LogP contribution in [0.25, 0.3) is 0 Å². The molecule has 0 aromatic carbocycles. The Morgan fingerprint density at radius 3 is 3.10 bits per heavy atom. The zero-order chi connectivity index (χ0) is 7.40. The molecule has 3 heteroatoms. The number of hydrogen-bond acceptors (Lipinski definition) is 3. The second-order valence-electron chi connectivity index (χ2n) is 1.82. The quantitative estimate of drug-likeness (QED) is 0.592.